The molecule has 2 heterocycles. The summed E-state index contributed by atoms with van der Waals surface area (Å²) in [7, 11) is 0. The minimum absolute atomic E-state index is 0.0666. The van der Waals surface area contributed by atoms with Gasteiger partial charge in [-0.3, -0.25) is 0 Å². The van der Waals surface area contributed by atoms with Crippen LogP contribution in [0.5, 0.6) is 5.75 Å². The fourth-order valence-corrected chi connectivity index (χ4v) is 3.78. The molecule has 6 nitrogen and oxygen atoms in total. The van der Waals surface area contributed by atoms with Crippen molar-refractivity contribution in [1.82, 2.24) is 19.9 Å². The van der Waals surface area contributed by atoms with E-state index in [-0.39, 0.29) is 17.8 Å². The van der Waals surface area contributed by atoms with Gasteiger partial charge in [0.2, 0.25) is 0 Å². The number of halogens is 3. The molecule has 0 N–H and O–H groups in total. The highest BCUT2D eigenvalue weighted by Crippen LogP contribution is 2.26. The molecule has 0 bridgehead atoms. The van der Waals surface area contributed by atoms with Gasteiger partial charge in [-0.15, -0.1) is 18.3 Å². The van der Waals surface area contributed by atoms with Crippen molar-refractivity contribution in [2.75, 3.05) is 6.54 Å². The van der Waals surface area contributed by atoms with Crippen LogP contribution in [0.1, 0.15) is 24.8 Å². The van der Waals surface area contributed by atoms with Gasteiger partial charge in [0.05, 0.1) is 6.20 Å². The van der Waals surface area contributed by atoms with Crippen LogP contribution in [-0.4, -0.2) is 44.9 Å². The lowest BCUT2D eigenvalue weighted by atomic mass is 9.96. The summed E-state index contributed by atoms with van der Waals surface area (Å²) < 4.78 is 40.8. The van der Waals surface area contributed by atoms with Crippen LogP contribution in [0.25, 0.3) is 11.3 Å². The van der Waals surface area contributed by atoms with Gasteiger partial charge >= 0.3 is 12.4 Å². The second-order valence-electron chi connectivity index (χ2n) is 7.41. The molecule has 0 spiro atoms. The van der Waals surface area contributed by atoms with Crippen LogP contribution < -0.4 is 4.74 Å². The van der Waals surface area contributed by atoms with E-state index < -0.39 is 6.36 Å². The fourth-order valence-electron chi connectivity index (χ4n) is 3.78. The molecule has 0 radical (unpaired) electrons. The number of benzene rings is 2. The number of likely N-dealkylation sites (tertiary alicyclic amines) is 1. The Balaban J connectivity index is 1.48. The van der Waals surface area contributed by atoms with Crippen molar-refractivity contribution < 1.29 is 22.7 Å². The number of aromatic nitrogens is 3. The first kappa shape index (κ1) is 20.9. The van der Waals surface area contributed by atoms with Gasteiger partial charge in [-0.2, -0.15) is 5.10 Å². The van der Waals surface area contributed by atoms with Crippen LogP contribution in [0.3, 0.4) is 0 Å². The van der Waals surface area contributed by atoms with Crippen molar-refractivity contribution in [2.24, 2.45) is 0 Å². The van der Waals surface area contributed by atoms with E-state index in [0.717, 1.165) is 30.5 Å². The molecule has 1 aliphatic heterocycles. The van der Waals surface area contributed by atoms with Crippen molar-refractivity contribution in [2.45, 2.75) is 38.1 Å². The van der Waals surface area contributed by atoms with E-state index in [1.807, 2.05) is 30.3 Å². The predicted octanol–water partition coefficient (Wildman–Crippen LogP) is 4.91. The summed E-state index contributed by atoms with van der Waals surface area (Å²) in [6.45, 7) is 0.636. The van der Waals surface area contributed by atoms with Crippen LogP contribution >= 0.6 is 0 Å². The number of carbonyl (C=O) groups excluding carboxylic acids is 1. The Labute approximate surface area is 177 Å². The highest BCUT2D eigenvalue weighted by atomic mass is 19.4. The van der Waals surface area contributed by atoms with Crippen LogP contribution in [0.4, 0.5) is 18.0 Å². The number of amides is 1. The van der Waals surface area contributed by atoms with Crippen LogP contribution in [0.15, 0.2) is 60.8 Å². The van der Waals surface area contributed by atoms with Crippen molar-refractivity contribution in [3.63, 3.8) is 0 Å². The van der Waals surface area contributed by atoms with E-state index in [4.69, 9.17) is 0 Å². The number of alkyl halides is 3. The highest BCUT2D eigenvalue weighted by molar-refractivity contribution is 5.76. The number of carbonyl (C=O) groups is 1. The van der Waals surface area contributed by atoms with Gasteiger partial charge in [0.25, 0.3) is 0 Å². The Kier molecular flexibility index (Phi) is 5.92. The maximum Gasteiger partial charge on any atom is 0.573 e. The molecule has 3 aromatic rings. The largest absolute Gasteiger partial charge is 0.573 e. The van der Waals surface area contributed by atoms with Crippen LogP contribution in [-0.2, 0) is 6.42 Å². The number of piperidine rings is 1. The monoisotopic (exact) mass is 430 g/mol. The van der Waals surface area contributed by atoms with Gasteiger partial charge in [-0.05, 0) is 55.5 Å². The minimum Gasteiger partial charge on any atom is -0.406 e. The zero-order chi connectivity index (χ0) is 21.8. The van der Waals surface area contributed by atoms with Gasteiger partial charge in [0, 0.05) is 18.2 Å². The molecule has 9 heteroatoms. The molecule has 4 rings (SSSR count). The molecule has 162 valence electrons. The van der Waals surface area contributed by atoms with Gasteiger partial charge in [0.15, 0.2) is 0 Å². The predicted molar refractivity (Wildman–Crippen MR) is 107 cm³/mol. The average Bonchev–Trinajstić information content (AvgIpc) is 3.24. The molecule has 1 saturated heterocycles. The molecular formula is C22H21F3N4O2. The zero-order valence-corrected chi connectivity index (χ0v) is 16.6. The van der Waals surface area contributed by atoms with Gasteiger partial charge in [0.1, 0.15) is 11.4 Å². The van der Waals surface area contributed by atoms with Gasteiger partial charge < -0.3 is 9.64 Å². The Morgan fingerprint density at radius 3 is 2.52 bits per heavy atom. The molecule has 1 aliphatic rings. The van der Waals surface area contributed by atoms with Gasteiger partial charge in [-0.1, -0.05) is 35.1 Å². The lowest BCUT2D eigenvalue weighted by molar-refractivity contribution is -0.274. The molecule has 1 atom stereocenters. The number of hydrogen-bond acceptors (Lipinski definition) is 4. The Bertz CT molecular complexity index is 1020. The maximum atomic E-state index is 13.1. The normalized spacial score (nSPS) is 16.9. The summed E-state index contributed by atoms with van der Waals surface area (Å²) >= 11 is 0. The summed E-state index contributed by atoms with van der Waals surface area (Å²) in [5, 5.41) is 8.35. The third-order valence-electron chi connectivity index (χ3n) is 5.23. The SMILES string of the molecule is O=C(N1CCCCC1Cc1ccccc1)n1ncc(-c2ccc(OC(F)(F)F)cc2)n1. The summed E-state index contributed by atoms with van der Waals surface area (Å²) in [6.07, 6.45) is 0.337. The van der Waals surface area contributed by atoms with Crippen molar-refractivity contribution in [3.8, 4) is 17.0 Å². The summed E-state index contributed by atoms with van der Waals surface area (Å²) in [6, 6.07) is 15.1. The number of rotatable bonds is 4. The molecule has 1 amide bonds. The first-order chi connectivity index (χ1) is 14.9. The third kappa shape index (κ3) is 5.22. The number of ether oxygens (including phenoxy) is 1. The second-order valence-corrected chi connectivity index (χ2v) is 7.41. The van der Waals surface area contributed by atoms with E-state index >= 15 is 0 Å². The smallest absolute Gasteiger partial charge is 0.406 e. The van der Waals surface area contributed by atoms with Crippen molar-refractivity contribution >= 4 is 6.03 Å². The molecule has 31 heavy (non-hydrogen) atoms. The van der Waals surface area contributed by atoms with E-state index in [2.05, 4.69) is 14.9 Å². The van der Waals surface area contributed by atoms with Crippen LogP contribution in [0.2, 0.25) is 0 Å². The molecule has 0 saturated carbocycles. The Hall–Kier alpha value is -3.36. The van der Waals surface area contributed by atoms with E-state index in [1.165, 1.54) is 36.0 Å². The maximum absolute atomic E-state index is 13.1. The highest BCUT2D eigenvalue weighted by Gasteiger charge is 2.31. The van der Waals surface area contributed by atoms with Gasteiger partial charge in [-0.25, -0.2) is 4.79 Å². The van der Waals surface area contributed by atoms with Crippen molar-refractivity contribution in [1.29, 1.82) is 0 Å². The average molecular weight is 430 g/mol. The topological polar surface area (TPSA) is 60.2 Å². The summed E-state index contributed by atoms with van der Waals surface area (Å²) in [5.74, 6) is -0.322. The first-order valence-electron chi connectivity index (χ1n) is 10.0. The quantitative estimate of drug-likeness (QED) is 0.590. The van der Waals surface area contributed by atoms with Crippen molar-refractivity contribution in [3.05, 3.63) is 66.4 Å². The summed E-state index contributed by atoms with van der Waals surface area (Å²) in [4.78, 5) is 15.9. The second kappa shape index (κ2) is 8.79. The third-order valence-corrected chi connectivity index (χ3v) is 5.23. The van der Waals surface area contributed by atoms with E-state index in [1.54, 1.807) is 4.90 Å². The Morgan fingerprint density at radius 1 is 1.06 bits per heavy atom. The lowest BCUT2D eigenvalue weighted by Gasteiger charge is -2.35. The molecular weight excluding hydrogens is 409 g/mol. The number of hydrogen-bond donors (Lipinski definition) is 0. The molecule has 0 aliphatic carbocycles. The fraction of sp³-hybridized carbons (Fsp3) is 0.318. The first-order valence-corrected chi connectivity index (χ1v) is 10.0. The number of nitrogens with zero attached hydrogens (tertiary/aromatic N) is 4. The minimum atomic E-state index is -4.75. The lowest BCUT2D eigenvalue weighted by Crippen LogP contribution is -2.47. The summed E-state index contributed by atoms with van der Waals surface area (Å²) in [5.41, 5.74) is 2.10. The molecule has 1 unspecified atom stereocenters. The Morgan fingerprint density at radius 2 is 1.81 bits per heavy atom. The molecule has 1 fully saturated rings. The van der Waals surface area contributed by atoms with E-state index in [0.29, 0.717) is 17.8 Å². The molecule has 2 aromatic carbocycles. The molecule has 1 aromatic heterocycles. The van der Waals surface area contributed by atoms with Crippen LogP contribution in [0, 0.1) is 0 Å². The zero-order valence-electron chi connectivity index (χ0n) is 16.6. The standard InChI is InChI=1S/C22H21F3N4O2/c23-22(24,25)31-19-11-9-17(10-12-19)20-15-26-29(27-20)21(30)28-13-5-4-8-18(28)14-16-6-2-1-3-7-16/h1-3,6-7,9-12,15,18H,4-5,8,13-14H2. The van der Waals surface area contributed by atoms with E-state index in [9.17, 15) is 18.0 Å².